The average molecular weight is 217 g/mol. The Morgan fingerprint density at radius 3 is 2.73 bits per heavy atom. The molecule has 8 nitrogen and oxygen atoms in total. The fraction of sp³-hybridized carbons (Fsp3) is 0.571. The van der Waals surface area contributed by atoms with Crippen molar-refractivity contribution in [3.05, 3.63) is 22.5 Å². The molecule has 84 valence electrons. The molecule has 1 rings (SSSR count). The van der Waals surface area contributed by atoms with Crippen LogP contribution in [0.15, 0.2) is 12.4 Å². The van der Waals surface area contributed by atoms with E-state index >= 15 is 0 Å². The van der Waals surface area contributed by atoms with Crippen molar-refractivity contribution in [2.24, 2.45) is 5.92 Å². The summed E-state index contributed by atoms with van der Waals surface area (Å²) in [6.45, 7) is -0.558. The summed E-state index contributed by atoms with van der Waals surface area (Å²) in [6.07, 6.45) is 0.844. The minimum Gasteiger partial charge on any atom is -0.396 e. The Balaban J connectivity index is 2.79. The van der Waals surface area contributed by atoms with Crippen LogP contribution in [0.1, 0.15) is 0 Å². The molecule has 1 aromatic heterocycles. The average Bonchev–Trinajstić information content (AvgIpc) is 2.61. The molecule has 0 aromatic carbocycles. The highest BCUT2D eigenvalue weighted by molar-refractivity contribution is 5.06. The Hall–Kier alpha value is -1.51. The van der Waals surface area contributed by atoms with E-state index in [2.05, 4.69) is 4.98 Å². The fourth-order valence-corrected chi connectivity index (χ4v) is 1.11. The van der Waals surface area contributed by atoms with E-state index in [-0.39, 0.29) is 6.54 Å². The number of aliphatic hydroxyl groups excluding tert-OH is 2. The van der Waals surface area contributed by atoms with Crippen molar-refractivity contribution in [2.75, 3.05) is 6.61 Å². The van der Waals surface area contributed by atoms with Gasteiger partial charge in [0, 0.05) is 0 Å². The Labute approximate surface area is 84.6 Å². The minimum atomic E-state index is -1.72. The lowest BCUT2D eigenvalue weighted by Gasteiger charge is -2.14. The van der Waals surface area contributed by atoms with Crippen molar-refractivity contribution in [3.8, 4) is 0 Å². The van der Waals surface area contributed by atoms with Crippen LogP contribution in [-0.4, -0.2) is 42.7 Å². The Kier molecular flexibility index (Phi) is 3.72. The fourth-order valence-electron chi connectivity index (χ4n) is 1.11. The molecule has 1 atom stereocenters. The lowest BCUT2D eigenvalue weighted by Crippen LogP contribution is -2.27. The van der Waals surface area contributed by atoms with Crippen LogP contribution in [0.3, 0.4) is 0 Å². The van der Waals surface area contributed by atoms with Gasteiger partial charge in [-0.05, 0) is 4.92 Å². The first-order valence-corrected chi connectivity index (χ1v) is 4.18. The van der Waals surface area contributed by atoms with Crippen molar-refractivity contribution in [1.82, 2.24) is 9.55 Å². The number of aromatic nitrogens is 2. The first-order chi connectivity index (χ1) is 7.06. The molecular formula is C7H11N3O5. The predicted molar refractivity (Wildman–Crippen MR) is 47.7 cm³/mol. The second-order valence-electron chi connectivity index (χ2n) is 2.99. The largest absolute Gasteiger partial charge is 0.434 e. The third-order valence-corrected chi connectivity index (χ3v) is 1.94. The lowest BCUT2D eigenvalue weighted by molar-refractivity contribution is -0.397. The van der Waals surface area contributed by atoms with Gasteiger partial charge in [0.15, 0.2) is 6.29 Å². The molecular weight excluding hydrogens is 206 g/mol. The highest BCUT2D eigenvalue weighted by atomic mass is 16.6. The molecule has 1 heterocycles. The van der Waals surface area contributed by atoms with Gasteiger partial charge in [-0.2, -0.15) is 0 Å². The van der Waals surface area contributed by atoms with Crippen molar-refractivity contribution in [2.45, 2.75) is 12.8 Å². The van der Waals surface area contributed by atoms with E-state index in [0.29, 0.717) is 0 Å². The number of aliphatic hydroxyl groups is 3. The maximum Gasteiger partial charge on any atom is 0.434 e. The predicted octanol–water partition coefficient (Wildman–Crippen LogP) is -1.29. The molecule has 8 heteroatoms. The van der Waals surface area contributed by atoms with E-state index in [1.807, 2.05) is 0 Å². The molecule has 3 N–H and O–H groups in total. The summed E-state index contributed by atoms with van der Waals surface area (Å²) in [5.41, 5.74) is 0. The van der Waals surface area contributed by atoms with Gasteiger partial charge >= 0.3 is 5.95 Å². The van der Waals surface area contributed by atoms with Crippen LogP contribution in [-0.2, 0) is 6.54 Å². The van der Waals surface area contributed by atoms with E-state index in [4.69, 9.17) is 15.3 Å². The summed E-state index contributed by atoms with van der Waals surface area (Å²) in [4.78, 5) is 13.3. The van der Waals surface area contributed by atoms with E-state index < -0.39 is 29.7 Å². The molecule has 1 unspecified atom stereocenters. The second kappa shape index (κ2) is 4.82. The van der Waals surface area contributed by atoms with Gasteiger partial charge in [0.25, 0.3) is 0 Å². The molecule has 15 heavy (non-hydrogen) atoms. The van der Waals surface area contributed by atoms with Crippen molar-refractivity contribution in [3.63, 3.8) is 0 Å². The van der Waals surface area contributed by atoms with Gasteiger partial charge in [0.2, 0.25) is 0 Å². The molecule has 0 aliphatic carbocycles. The normalized spacial score (nSPS) is 13.1. The minimum absolute atomic E-state index is 0.0789. The highest BCUT2D eigenvalue weighted by Gasteiger charge is 2.22. The Morgan fingerprint density at radius 2 is 2.27 bits per heavy atom. The standard InChI is InChI=1S/C7H11N3O5/c11-4-5(6(12)13)3-9-2-1-8-7(9)10(14)15/h1-2,5-6,11-13H,3-4H2. The molecule has 0 amide bonds. The quantitative estimate of drug-likeness (QED) is 0.320. The van der Waals surface area contributed by atoms with Gasteiger partial charge in [-0.25, -0.2) is 4.57 Å². The van der Waals surface area contributed by atoms with Gasteiger partial charge in [-0.1, -0.05) is 4.98 Å². The van der Waals surface area contributed by atoms with Crippen LogP contribution in [0.4, 0.5) is 5.95 Å². The summed E-state index contributed by atoms with van der Waals surface area (Å²) in [5, 5.41) is 36.9. The van der Waals surface area contributed by atoms with Gasteiger partial charge in [-0.15, -0.1) is 0 Å². The summed E-state index contributed by atoms with van der Waals surface area (Å²) in [7, 11) is 0. The van der Waals surface area contributed by atoms with E-state index in [0.717, 1.165) is 4.57 Å². The van der Waals surface area contributed by atoms with E-state index in [1.165, 1.54) is 12.4 Å². The zero-order chi connectivity index (χ0) is 11.4. The van der Waals surface area contributed by atoms with Crippen LogP contribution >= 0.6 is 0 Å². The van der Waals surface area contributed by atoms with Crippen molar-refractivity contribution >= 4 is 5.95 Å². The number of nitro groups is 1. The molecule has 0 spiro atoms. The van der Waals surface area contributed by atoms with Crippen molar-refractivity contribution in [1.29, 1.82) is 0 Å². The summed E-state index contributed by atoms with van der Waals surface area (Å²) >= 11 is 0. The van der Waals surface area contributed by atoms with Gasteiger partial charge < -0.3 is 25.4 Å². The summed E-state index contributed by atoms with van der Waals surface area (Å²) in [6, 6.07) is 0. The molecule has 0 radical (unpaired) electrons. The van der Waals surface area contributed by atoms with Crippen LogP contribution in [0.5, 0.6) is 0 Å². The molecule has 0 saturated carbocycles. The lowest BCUT2D eigenvalue weighted by atomic mass is 10.1. The maximum absolute atomic E-state index is 10.5. The highest BCUT2D eigenvalue weighted by Crippen LogP contribution is 2.12. The van der Waals surface area contributed by atoms with Crippen LogP contribution < -0.4 is 0 Å². The van der Waals surface area contributed by atoms with Gasteiger partial charge in [-0.3, -0.25) is 0 Å². The summed E-state index contributed by atoms with van der Waals surface area (Å²) < 4.78 is 1.14. The Morgan fingerprint density at radius 1 is 1.60 bits per heavy atom. The molecule has 1 aromatic rings. The van der Waals surface area contributed by atoms with Crippen LogP contribution in [0.25, 0.3) is 0 Å². The number of hydrogen-bond acceptors (Lipinski definition) is 6. The third-order valence-electron chi connectivity index (χ3n) is 1.94. The second-order valence-corrected chi connectivity index (χ2v) is 2.99. The number of nitrogens with zero attached hydrogens (tertiary/aromatic N) is 3. The molecule has 0 fully saturated rings. The van der Waals surface area contributed by atoms with E-state index in [9.17, 15) is 10.1 Å². The zero-order valence-corrected chi connectivity index (χ0v) is 7.72. The molecule has 0 bridgehead atoms. The number of rotatable bonds is 5. The molecule has 0 aliphatic heterocycles. The zero-order valence-electron chi connectivity index (χ0n) is 7.72. The van der Waals surface area contributed by atoms with Gasteiger partial charge in [0.1, 0.15) is 12.4 Å². The Bertz CT molecular complexity index is 337. The molecule has 0 saturated heterocycles. The van der Waals surface area contributed by atoms with E-state index in [1.54, 1.807) is 0 Å². The first-order valence-electron chi connectivity index (χ1n) is 4.18. The number of imidazole rings is 1. The third kappa shape index (κ3) is 2.72. The molecule has 0 aliphatic rings. The van der Waals surface area contributed by atoms with Crippen LogP contribution in [0, 0.1) is 16.0 Å². The van der Waals surface area contributed by atoms with Crippen molar-refractivity contribution < 1.29 is 20.2 Å². The summed E-state index contributed by atoms with van der Waals surface area (Å²) in [5.74, 6) is -1.27. The van der Waals surface area contributed by atoms with Crippen LogP contribution in [0.2, 0.25) is 0 Å². The van der Waals surface area contributed by atoms with Gasteiger partial charge in [0.05, 0.1) is 19.1 Å². The first kappa shape index (κ1) is 11.6. The SMILES string of the molecule is O=[N+]([O-])c1nccn1CC(CO)C(O)O. The monoisotopic (exact) mass is 217 g/mol. The topological polar surface area (TPSA) is 122 Å². The maximum atomic E-state index is 10.5. The smallest absolute Gasteiger partial charge is 0.396 e. The number of hydrogen-bond donors (Lipinski definition) is 3.